The fourth-order valence-corrected chi connectivity index (χ4v) is 6.54. The molecule has 0 aromatic heterocycles. The molecule has 0 bridgehead atoms. The lowest BCUT2D eigenvalue weighted by molar-refractivity contribution is -0.131. The molecule has 3 heterocycles. The second kappa shape index (κ2) is 9.68. The minimum absolute atomic E-state index is 0.0457. The van der Waals surface area contributed by atoms with Crippen LogP contribution in [0.5, 0.6) is 0 Å². The lowest BCUT2D eigenvalue weighted by Crippen LogP contribution is -2.62. The van der Waals surface area contributed by atoms with Gasteiger partial charge in [-0.1, -0.05) is 31.4 Å². The van der Waals surface area contributed by atoms with Crippen LogP contribution in [0, 0.1) is 5.92 Å². The number of hydrogen-bond donors (Lipinski definition) is 0. The summed E-state index contributed by atoms with van der Waals surface area (Å²) in [4.78, 5) is 47.4. The number of benzene rings is 1. The SMILES string of the molecule is CC12CCC(=O)N1c1ccccc1C(=O)N2CCC(=O)N1CCCN(CC2CCCCC2)CC1. The van der Waals surface area contributed by atoms with Crippen molar-refractivity contribution in [1.82, 2.24) is 14.7 Å². The molecule has 1 atom stereocenters. The summed E-state index contributed by atoms with van der Waals surface area (Å²) >= 11 is 0. The standard InChI is InChI=1S/C27H38N4O3/c1-27-14-12-25(33)31(27)23-11-6-5-10-22(23)26(34)30(27)17-13-24(32)29-16-7-15-28(18-19-29)20-21-8-3-2-4-9-21/h5-6,10-11,21H,2-4,7-9,12-20H2,1H3. The summed E-state index contributed by atoms with van der Waals surface area (Å²) in [6.45, 7) is 7.05. The Labute approximate surface area is 203 Å². The van der Waals surface area contributed by atoms with Gasteiger partial charge in [0, 0.05) is 45.6 Å². The molecule has 7 nitrogen and oxygen atoms in total. The molecule has 7 heteroatoms. The van der Waals surface area contributed by atoms with Crippen LogP contribution in [0.15, 0.2) is 24.3 Å². The maximum Gasteiger partial charge on any atom is 0.257 e. The Morgan fingerprint density at radius 2 is 1.79 bits per heavy atom. The minimum Gasteiger partial charge on any atom is -0.341 e. The Bertz CT molecular complexity index is 944. The molecule has 0 spiro atoms. The van der Waals surface area contributed by atoms with E-state index < -0.39 is 5.66 Å². The van der Waals surface area contributed by atoms with Crippen LogP contribution in [-0.2, 0) is 9.59 Å². The first-order valence-corrected chi connectivity index (χ1v) is 13.2. The summed E-state index contributed by atoms with van der Waals surface area (Å²) in [5.74, 6) is 0.906. The van der Waals surface area contributed by atoms with Crippen molar-refractivity contribution in [3.8, 4) is 0 Å². The third-order valence-corrected chi connectivity index (χ3v) is 8.48. The molecule has 1 aromatic carbocycles. The molecule has 4 aliphatic rings. The van der Waals surface area contributed by atoms with E-state index in [1.807, 2.05) is 30.0 Å². The smallest absolute Gasteiger partial charge is 0.257 e. The van der Waals surface area contributed by atoms with Crippen LogP contribution in [0.25, 0.3) is 0 Å². The largest absolute Gasteiger partial charge is 0.341 e. The Hall–Kier alpha value is -2.41. The van der Waals surface area contributed by atoms with Crippen LogP contribution in [0.2, 0.25) is 0 Å². The molecular weight excluding hydrogens is 428 g/mol. The third-order valence-electron chi connectivity index (χ3n) is 8.48. The van der Waals surface area contributed by atoms with Gasteiger partial charge in [-0.25, -0.2) is 0 Å². The van der Waals surface area contributed by atoms with E-state index in [0.717, 1.165) is 38.5 Å². The van der Waals surface area contributed by atoms with E-state index >= 15 is 0 Å². The van der Waals surface area contributed by atoms with Crippen LogP contribution in [0.4, 0.5) is 5.69 Å². The highest BCUT2D eigenvalue weighted by Crippen LogP contribution is 2.44. The highest BCUT2D eigenvalue weighted by molar-refractivity contribution is 6.10. The highest BCUT2D eigenvalue weighted by Gasteiger charge is 2.52. The van der Waals surface area contributed by atoms with E-state index in [9.17, 15) is 14.4 Å². The topological polar surface area (TPSA) is 64.2 Å². The lowest BCUT2D eigenvalue weighted by atomic mass is 9.89. The maximum absolute atomic E-state index is 13.4. The van der Waals surface area contributed by atoms with Gasteiger partial charge >= 0.3 is 0 Å². The Morgan fingerprint density at radius 1 is 1.00 bits per heavy atom. The van der Waals surface area contributed by atoms with E-state index in [1.54, 1.807) is 15.9 Å². The van der Waals surface area contributed by atoms with Gasteiger partial charge in [-0.3, -0.25) is 19.3 Å². The van der Waals surface area contributed by atoms with Gasteiger partial charge in [-0.2, -0.15) is 0 Å². The van der Waals surface area contributed by atoms with Crippen molar-refractivity contribution < 1.29 is 14.4 Å². The highest BCUT2D eigenvalue weighted by atomic mass is 16.2. The van der Waals surface area contributed by atoms with E-state index in [2.05, 4.69) is 4.90 Å². The number of hydrogen-bond acceptors (Lipinski definition) is 4. The van der Waals surface area contributed by atoms with Crippen molar-refractivity contribution in [2.75, 3.05) is 44.2 Å². The molecule has 1 saturated carbocycles. The molecule has 3 aliphatic heterocycles. The molecule has 3 amide bonds. The van der Waals surface area contributed by atoms with E-state index in [4.69, 9.17) is 0 Å². The summed E-state index contributed by atoms with van der Waals surface area (Å²) in [7, 11) is 0. The number of amides is 3. The van der Waals surface area contributed by atoms with Crippen LogP contribution in [0.3, 0.4) is 0 Å². The quantitative estimate of drug-likeness (QED) is 0.666. The van der Waals surface area contributed by atoms with Crippen molar-refractivity contribution in [2.24, 2.45) is 5.92 Å². The third kappa shape index (κ3) is 4.35. The summed E-state index contributed by atoms with van der Waals surface area (Å²) in [6, 6.07) is 7.34. The van der Waals surface area contributed by atoms with Crippen LogP contribution in [0.1, 0.15) is 75.1 Å². The van der Waals surface area contributed by atoms with Crippen molar-refractivity contribution in [1.29, 1.82) is 0 Å². The second-order valence-electron chi connectivity index (χ2n) is 10.7. The number of carbonyl (C=O) groups excluding carboxylic acids is 3. The zero-order valence-corrected chi connectivity index (χ0v) is 20.5. The van der Waals surface area contributed by atoms with Crippen LogP contribution in [-0.4, -0.2) is 77.4 Å². The van der Waals surface area contributed by atoms with Gasteiger partial charge in [0.1, 0.15) is 5.66 Å². The molecule has 184 valence electrons. The van der Waals surface area contributed by atoms with Crippen molar-refractivity contribution in [3.05, 3.63) is 29.8 Å². The molecule has 1 unspecified atom stereocenters. The first-order chi connectivity index (χ1) is 16.5. The fraction of sp³-hybridized carbons (Fsp3) is 0.667. The van der Waals surface area contributed by atoms with Gasteiger partial charge in [-0.05, 0) is 57.2 Å². The van der Waals surface area contributed by atoms with Crippen molar-refractivity contribution in [2.45, 2.75) is 70.4 Å². The molecule has 1 aliphatic carbocycles. The number of nitrogens with zero attached hydrogens (tertiary/aromatic N) is 4. The zero-order chi connectivity index (χ0) is 23.7. The Balaban J connectivity index is 1.21. The van der Waals surface area contributed by atoms with Gasteiger partial charge in [0.2, 0.25) is 11.8 Å². The number of anilines is 1. The maximum atomic E-state index is 13.4. The molecule has 5 rings (SSSR count). The Kier molecular flexibility index (Phi) is 6.65. The van der Waals surface area contributed by atoms with E-state index in [-0.39, 0.29) is 17.7 Å². The van der Waals surface area contributed by atoms with Gasteiger partial charge in [-0.15, -0.1) is 0 Å². The monoisotopic (exact) mass is 466 g/mol. The van der Waals surface area contributed by atoms with Gasteiger partial charge < -0.3 is 14.7 Å². The van der Waals surface area contributed by atoms with Crippen LogP contribution < -0.4 is 4.90 Å². The number of fused-ring (bicyclic) bond motifs is 3. The summed E-state index contributed by atoms with van der Waals surface area (Å²) in [5, 5.41) is 0. The van der Waals surface area contributed by atoms with Gasteiger partial charge in [0.05, 0.1) is 11.3 Å². The number of carbonyl (C=O) groups is 3. The molecule has 1 aromatic rings. The Morgan fingerprint density at radius 3 is 2.62 bits per heavy atom. The predicted molar refractivity (Wildman–Crippen MR) is 131 cm³/mol. The predicted octanol–water partition coefficient (Wildman–Crippen LogP) is 3.49. The summed E-state index contributed by atoms with van der Waals surface area (Å²) in [6.07, 6.45) is 9.15. The zero-order valence-electron chi connectivity index (χ0n) is 20.5. The van der Waals surface area contributed by atoms with Gasteiger partial charge in [0.25, 0.3) is 5.91 Å². The molecule has 2 saturated heterocycles. The molecule has 0 N–H and O–H groups in total. The fourth-order valence-electron chi connectivity index (χ4n) is 6.54. The first kappa shape index (κ1) is 23.3. The van der Waals surface area contributed by atoms with Crippen LogP contribution >= 0.6 is 0 Å². The number of rotatable bonds is 5. The minimum atomic E-state index is -0.696. The molecule has 34 heavy (non-hydrogen) atoms. The molecular formula is C27H38N4O3. The summed E-state index contributed by atoms with van der Waals surface area (Å²) in [5.41, 5.74) is 0.555. The van der Waals surface area contributed by atoms with Gasteiger partial charge in [0.15, 0.2) is 0 Å². The normalized spacial score (nSPS) is 26.4. The van der Waals surface area contributed by atoms with Crippen molar-refractivity contribution >= 4 is 23.4 Å². The van der Waals surface area contributed by atoms with E-state index in [0.29, 0.717) is 37.1 Å². The van der Waals surface area contributed by atoms with E-state index in [1.165, 1.54) is 38.6 Å². The summed E-state index contributed by atoms with van der Waals surface area (Å²) < 4.78 is 0. The molecule has 3 fully saturated rings. The average Bonchev–Trinajstić information content (AvgIpc) is 3.00. The average molecular weight is 467 g/mol. The lowest BCUT2D eigenvalue weighted by Gasteiger charge is -2.48. The molecule has 0 radical (unpaired) electrons. The first-order valence-electron chi connectivity index (χ1n) is 13.2. The number of para-hydroxylation sites is 1. The second-order valence-corrected chi connectivity index (χ2v) is 10.7. The van der Waals surface area contributed by atoms with Crippen molar-refractivity contribution in [3.63, 3.8) is 0 Å².